The monoisotopic (exact) mass is 499 g/mol. The van der Waals surface area contributed by atoms with E-state index in [1.807, 2.05) is 0 Å². The smallest absolute Gasteiger partial charge is 0.277 e. The molecule has 6 nitrogen and oxygen atoms in total. The number of hydrogen-bond donors (Lipinski definition) is 2. The van der Waals surface area contributed by atoms with E-state index >= 15 is 0 Å². The minimum Gasteiger partial charge on any atom is -0.337 e. The van der Waals surface area contributed by atoms with Crippen LogP contribution in [-0.2, 0) is 4.79 Å². The third-order valence-electron chi connectivity index (χ3n) is 5.76. The van der Waals surface area contributed by atoms with Crippen molar-refractivity contribution >= 4 is 45.6 Å². The standard InChI is InChI=1S/C25H21ClF3N5O/c1-4-21(35)32-19-11-16-20(10-15(19)8-9-24(2)12-34(3)13-25(24,28)29)30-14-31-23(16)33-18-7-5-6-17(26)22(18)27/h4-7,10-11,14H,1,12-13H2,2-3H3,(H,32,35)(H,30,31,33). The number of halogens is 4. The molecule has 0 spiro atoms. The summed E-state index contributed by atoms with van der Waals surface area (Å²) in [6, 6.07) is 7.60. The van der Waals surface area contributed by atoms with Gasteiger partial charge in [-0.15, -0.1) is 0 Å². The van der Waals surface area contributed by atoms with Crippen molar-refractivity contribution in [3.8, 4) is 11.8 Å². The first kappa shape index (κ1) is 24.5. The second-order valence-electron chi connectivity index (χ2n) is 8.52. The van der Waals surface area contributed by atoms with Crippen LogP contribution in [0.1, 0.15) is 12.5 Å². The average molecular weight is 500 g/mol. The fourth-order valence-corrected chi connectivity index (χ4v) is 4.06. The van der Waals surface area contributed by atoms with Crippen LogP contribution in [0.3, 0.4) is 0 Å². The molecule has 2 N–H and O–H groups in total. The number of fused-ring (bicyclic) bond motifs is 1. The van der Waals surface area contributed by atoms with E-state index in [1.165, 1.54) is 30.3 Å². The summed E-state index contributed by atoms with van der Waals surface area (Å²) in [5.41, 5.74) is -0.529. The number of nitrogens with zero attached hydrogens (tertiary/aromatic N) is 3. The second kappa shape index (κ2) is 9.21. The highest BCUT2D eigenvalue weighted by Gasteiger charge is 2.55. The van der Waals surface area contributed by atoms with Gasteiger partial charge in [0.05, 0.1) is 34.0 Å². The number of benzene rings is 2. The fraction of sp³-hybridized carbons (Fsp3) is 0.240. The molecule has 35 heavy (non-hydrogen) atoms. The van der Waals surface area contributed by atoms with Gasteiger partial charge in [0.1, 0.15) is 17.6 Å². The molecule has 0 radical (unpaired) electrons. The predicted octanol–water partition coefficient (Wildman–Crippen LogP) is 5.23. The number of alkyl halides is 2. The third kappa shape index (κ3) is 4.81. The van der Waals surface area contributed by atoms with E-state index < -0.39 is 29.6 Å². The normalized spacial score (nSPS) is 19.1. The molecule has 1 aliphatic rings. The Morgan fingerprint density at radius 2 is 2.03 bits per heavy atom. The SMILES string of the molecule is C=CC(=O)Nc1cc2c(Nc3cccc(Cl)c3F)ncnc2cc1C#CC1(C)CN(C)CC1(F)F. The van der Waals surface area contributed by atoms with E-state index in [0.717, 1.165) is 6.08 Å². The topological polar surface area (TPSA) is 70.1 Å². The van der Waals surface area contributed by atoms with E-state index in [0.29, 0.717) is 10.9 Å². The summed E-state index contributed by atoms with van der Waals surface area (Å²) < 4.78 is 43.6. The summed E-state index contributed by atoms with van der Waals surface area (Å²) in [6.07, 6.45) is 2.35. The molecule has 1 saturated heterocycles. The molecular weight excluding hydrogens is 479 g/mol. The molecule has 2 heterocycles. The average Bonchev–Trinajstić information content (AvgIpc) is 3.01. The molecule has 1 unspecified atom stereocenters. The predicted molar refractivity (Wildman–Crippen MR) is 130 cm³/mol. The fourth-order valence-electron chi connectivity index (χ4n) is 3.88. The van der Waals surface area contributed by atoms with Crippen LogP contribution in [-0.4, -0.2) is 46.8 Å². The lowest BCUT2D eigenvalue weighted by molar-refractivity contribution is -0.111. The summed E-state index contributed by atoms with van der Waals surface area (Å²) in [4.78, 5) is 22.0. The summed E-state index contributed by atoms with van der Waals surface area (Å²) in [5, 5.41) is 5.91. The largest absolute Gasteiger partial charge is 0.337 e. The van der Waals surface area contributed by atoms with Crippen molar-refractivity contribution < 1.29 is 18.0 Å². The van der Waals surface area contributed by atoms with Crippen molar-refractivity contribution in [2.24, 2.45) is 5.41 Å². The van der Waals surface area contributed by atoms with Crippen molar-refractivity contribution in [2.75, 3.05) is 30.8 Å². The van der Waals surface area contributed by atoms with Crippen molar-refractivity contribution in [2.45, 2.75) is 12.8 Å². The Morgan fingerprint density at radius 1 is 1.26 bits per heavy atom. The maximum absolute atomic E-state index is 14.6. The molecule has 0 aliphatic carbocycles. The zero-order chi connectivity index (χ0) is 25.4. The lowest BCUT2D eigenvalue weighted by atomic mass is 9.86. The van der Waals surface area contributed by atoms with E-state index in [1.54, 1.807) is 25.2 Å². The third-order valence-corrected chi connectivity index (χ3v) is 6.05. The minimum atomic E-state index is -3.00. The molecule has 1 fully saturated rings. The van der Waals surface area contributed by atoms with E-state index in [9.17, 15) is 18.0 Å². The van der Waals surface area contributed by atoms with Crippen LogP contribution in [0.2, 0.25) is 5.02 Å². The van der Waals surface area contributed by atoms with Crippen LogP contribution in [0.4, 0.5) is 30.4 Å². The summed E-state index contributed by atoms with van der Waals surface area (Å²) in [6.45, 7) is 4.56. The highest BCUT2D eigenvalue weighted by Crippen LogP contribution is 2.42. The quantitative estimate of drug-likeness (QED) is 0.380. The number of amides is 1. The van der Waals surface area contributed by atoms with Crippen molar-refractivity contribution in [3.63, 3.8) is 0 Å². The van der Waals surface area contributed by atoms with Gasteiger partial charge in [0.15, 0.2) is 5.82 Å². The molecule has 180 valence electrons. The number of anilines is 3. The molecule has 2 aromatic carbocycles. The highest BCUT2D eigenvalue weighted by atomic mass is 35.5. The number of nitrogens with one attached hydrogen (secondary N) is 2. The van der Waals surface area contributed by atoms with Gasteiger partial charge in [-0.3, -0.25) is 9.69 Å². The molecule has 4 rings (SSSR count). The van der Waals surface area contributed by atoms with Gasteiger partial charge in [-0.2, -0.15) is 0 Å². The molecule has 1 amide bonds. The molecular formula is C25H21ClF3N5O. The van der Waals surface area contributed by atoms with Crippen LogP contribution in [0.15, 0.2) is 49.3 Å². The maximum atomic E-state index is 14.6. The molecule has 3 aromatic rings. The Kier molecular flexibility index (Phi) is 6.45. The number of carbonyl (C=O) groups is 1. The van der Waals surface area contributed by atoms with Gasteiger partial charge in [-0.05, 0) is 44.3 Å². The van der Waals surface area contributed by atoms with Crippen molar-refractivity contribution in [1.82, 2.24) is 14.9 Å². The zero-order valence-corrected chi connectivity index (χ0v) is 19.7. The van der Waals surface area contributed by atoms with Gasteiger partial charge in [-0.1, -0.05) is 36.1 Å². The van der Waals surface area contributed by atoms with Crippen LogP contribution < -0.4 is 10.6 Å². The van der Waals surface area contributed by atoms with Crippen LogP contribution in [0.5, 0.6) is 0 Å². The minimum absolute atomic E-state index is 0.0623. The zero-order valence-electron chi connectivity index (χ0n) is 18.9. The highest BCUT2D eigenvalue weighted by molar-refractivity contribution is 6.31. The van der Waals surface area contributed by atoms with Crippen molar-refractivity contribution in [3.05, 3.63) is 65.7 Å². The Balaban J connectivity index is 1.82. The van der Waals surface area contributed by atoms with E-state index in [2.05, 4.69) is 39.0 Å². The van der Waals surface area contributed by atoms with E-state index in [4.69, 9.17) is 11.6 Å². The molecule has 1 atom stereocenters. The molecule has 1 aromatic heterocycles. The summed E-state index contributed by atoms with van der Waals surface area (Å²) in [7, 11) is 1.61. The number of aromatic nitrogens is 2. The molecule has 0 bridgehead atoms. The first-order valence-electron chi connectivity index (χ1n) is 10.6. The number of carbonyl (C=O) groups excluding carboxylic acids is 1. The lowest BCUT2D eigenvalue weighted by Crippen LogP contribution is -2.36. The van der Waals surface area contributed by atoms with Crippen LogP contribution >= 0.6 is 11.6 Å². The maximum Gasteiger partial charge on any atom is 0.277 e. The van der Waals surface area contributed by atoms with Gasteiger partial charge in [0.2, 0.25) is 5.91 Å². The Hall–Kier alpha value is -3.61. The van der Waals surface area contributed by atoms with Gasteiger partial charge in [0.25, 0.3) is 5.92 Å². The Bertz CT molecular complexity index is 1400. The van der Waals surface area contributed by atoms with Gasteiger partial charge < -0.3 is 10.6 Å². The number of rotatable bonds is 4. The number of hydrogen-bond acceptors (Lipinski definition) is 5. The second-order valence-corrected chi connectivity index (χ2v) is 8.92. The molecule has 0 saturated carbocycles. The van der Waals surface area contributed by atoms with Gasteiger partial charge in [-0.25, -0.2) is 23.1 Å². The first-order valence-corrected chi connectivity index (χ1v) is 10.9. The van der Waals surface area contributed by atoms with Gasteiger partial charge in [0, 0.05) is 11.9 Å². The first-order chi connectivity index (χ1) is 16.5. The van der Waals surface area contributed by atoms with Crippen LogP contribution in [0.25, 0.3) is 10.9 Å². The van der Waals surface area contributed by atoms with Crippen molar-refractivity contribution in [1.29, 1.82) is 0 Å². The number of likely N-dealkylation sites (tertiary alicyclic amines) is 1. The molecule has 10 heteroatoms. The molecule has 1 aliphatic heterocycles. The Morgan fingerprint density at radius 3 is 2.71 bits per heavy atom. The lowest BCUT2D eigenvalue weighted by Gasteiger charge is -2.23. The summed E-state index contributed by atoms with van der Waals surface area (Å²) >= 11 is 5.87. The Labute approximate surface area is 205 Å². The van der Waals surface area contributed by atoms with Gasteiger partial charge >= 0.3 is 0 Å². The van der Waals surface area contributed by atoms with E-state index in [-0.39, 0.29) is 34.3 Å². The summed E-state index contributed by atoms with van der Waals surface area (Å²) in [5.74, 6) is 1.61. The van der Waals surface area contributed by atoms with Crippen LogP contribution in [0, 0.1) is 23.1 Å².